The molecule has 0 aromatic heterocycles. The summed E-state index contributed by atoms with van der Waals surface area (Å²) in [6.07, 6.45) is 0.701. The smallest absolute Gasteiger partial charge is 0.333 e. The van der Waals surface area contributed by atoms with Crippen molar-refractivity contribution in [3.63, 3.8) is 0 Å². The fraction of sp³-hybridized carbons (Fsp3) is 0.812. The second-order valence-electron chi connectivity index (χ2n) is 7.73. The van der Waals surface area contributed by atoms with Crippen molar-refractivity contribution in [1.29, 1.82) is 0 Å². The van der Waals surface area contributed by atoms with E-state index in [0.29, 0.717) is 18.0 Å². The van der Waals surface area contributed by atoms with Gasteiger partial charge >= 0.3 is 5.97 Å². The highest BCUT2D eigenvalue weighted by molar-refractivity contribution is 7.01. The Morgan fingerprint density at radius 2 is 1.36 bits per heavy atom. The molecule has 0 aromatic rings. The summed E-state index contributed by atoms with van der Waals surface area (Å²) in [5, 5.41) is 0. The van der Waals surface area contributed by atoms with Gasteiger partial charge in [0.05, 0.1) is 16.0 Å². The van der Waals surface area contributed by atoms with Crippen LogP contribution in [0, 0.1) is 0 Å². The molecule has 25 heavy (non-hydrogen) atoms. The molecule has 0 saturated carbocycles. The number of hydrogen-bond donors (Lipinski definition) is 0. The highest BCUT2D eigenvalue weighted by atomic mass is 28.4. The molecule has 0 spiro atoms. The molecule has 0 aliphatic heterocycles. The minimum atomic E-state index is -2.30. The number of esters is 1. The van der Waals surface area contributed by atoms with Gasteiger partial charge in [-0.3, -0.25) is 0 Å². The Labute approximate surface area is 160 Å². The Bertz CT molecular complexity index is 471. The highest BCUT2D eigenvalue weighted by Gasteiger charge is 2.45. The van der Waals surface area contributed by atoms with E-state index in [4.69, 9.17) is 18.0 Å². The lowest BCUT2D eigenvalue weighted by Gasteiger charge is -2.37. The molecule has 0 bridgehead atoms. The van der Waals surface area contributed by atoms with Gasteiger partial charge in [0, 0.05) is 26.9 Å². The van der Waals surface area contributed by atoms with E-state index in [9.17, 15) is 4.79 Å². The van der Waals surface area contributed by atoms with E-state index >= 15 is 0 Å². The molecule has 0 N–H and O–H groups in total. The minimum absolute atomic E-state index is 0.287. The predicted octanol–water partition coefficient (Wildman–Crippen LogP) is 3.36. The maximum atomic E-state index is 13.1. The summed E-state index contributed by atoms with van der Waals surface area (Å²) in [5.74, 6) is -0.287. The summed E-state index contributed by atoms with van der Waals surface area (Å²) >= 11 is 0. The van der Waals surface area contributed by atoms with Gasteiger partial charge in [-0.25, -0.2) is 4.79 Å². The Morgan fingerprint density at radius 3 is 1.68 bits per heavy atom. The second kappa shape index (κ2) is 9.77. The lowest BCUT2D eigenvalue weighted by Crippen LogP contribution is -2.50. The van der Waals surface area contributed by atoms with Crippen molar-refractivity contribution in [1.82, 2.24) is 0 Å². The van der Waals surface area contributed by atoms with Gasteiger partial charge in [-0.1, -0.05) is 6.92 Å². The van der Waals surface area contributed by atoms with E-state index in [1.165, 1.54) is 0 Å². The van der Waals surface area contributed by atoms with Crippen LogP contribution in [0.15, 0.2) is 10.4 Å². The van der Waals surface area contributed by atoms with Crippen molar-refractivity contribution in [2.75, 3.05) is 21.3 Å². The highest BCUT2D eigenvalue weighted by Crippen LogP contribution is 2.34. The standard InChI is InChI=1S/C16H35O5Si4/c1-11-14(22)21-15(17)13(12-23(5,6)18-2)16(24(7,8)19-3)25(9,10)20-4/h14H,11-12H2,1-10H3. The Morgan fingerprint density at radius 1 is 0.920 bits per heavy atom. The third-order valence-electron chi connectivity index (χ3n) is 4.55. The van der Waals surface area contributed by atoms with Crippen LogP contribution in [0.1, 0.15) is 13.3 Å². The van der Waals surface area contributed by atoms with Crippen molar-refractivity contribution in [3.8, 4) is 0 Å². The molecule has 0 aliphatic carbocycles. The Kier molecular flexibility index (Phi) is 9.75. The minimum Gasteiger partial charge on any atom is -0.464 e. The molecule has 0 aromatic carbocycles. The summed E-state index contributed by atoms with van der Waals surface area (Å²) in [7, 11) is 1.96. The molecule has 0 aliphatic rings. The molecule has 0 amide bonds. The van der Waals surface area contributed by atoms with Crippen molar-refractivity contribution in [3.05, 3.63) is 10.4 Å². The molecule has 9 heteroatoms. The molecule has 0 fully saturated rings. The van der Waals surface area contributed by atoms with Gasteiger partial charge in [0.2, 0.25) is 16.6 Å². The van der Waals surface area contributed by atoms with E-state index in [2.05, 4.69) is 49.5 Å². The van der Waals surface area contributed by atoms with Crippen molar-refractivity contribution >= 4 is 41.2 Å². The molecule has 0 saturated heterocycles. The molecule has 1 atom stereocenters. The van der Waals surface area contributed by atoms with Crippen LogP contribution in [0.2, 0.25) is 45.3 Å². The first-order valence-electron chi connectivity index (χ1n) is 8.59. The largest absolute Gasteiger partial charge is 0.464 e. The van der Waals surface area contributed by atoms with Crippen molar-refractivity contribution < 1.29 is 22.8 Å². The van der Waals surface area contributed by atoms with Gasteiger partial charge in [-0.15, -0.1) is 0 Å². The van der Waals surface area contributed by atoms with E-state index < -0.39 is 25.0 Å². The number of ether oxygens (including phenoxy) is 1. The van der Waals surface area contributed by atoms with Gasteiger partial charge in [0.25, 0.3) is 0 Å². The molecule has 3 radical (unpaired) electrons. The van der Waals surface area contributed by atoms with Crippen molar-refractivity contribution in [2.24, 2.45) is 0 Å². The average molecular weight is 420 g/mol. The van der Waals surface area contributed by atoms with Gasteiger partial charge in [-0.05, 0) is 56.6 Å². The third kappa shape index (κ3) is 7.23. The number of hydrogen-bond acceptors (Lipinski definition) is 5. The maximum Gasteiger partial charge on any atom is 0.333 e. The monoisotopic (exact) mass is 419 g/mol. The Balaban J connectivity index is 6.47. The molecule has 5 nitrogen and oxygen atoms in total. The number of carbonyl (C=O) groups excluding carboxylic acids is 1. The zero-order valence-corrected chi connectivity index (χ0v) is 21.5. The summed E-state index contributed by atoms with van der Waals surface area (Å²) in [4.78, 5) is 14.1. The van der Waals surface area contributed by atoms with Crippen LogP contribution in [0.4, 0.5) is 0 Å². The summed E-state index contributed by atoms with van der Waals surface area (Å²) in [6, 6.07) is 0.583. The van der Waals surface area contributed by atoms with E-state index in [0.717, 1.165) is 4.82 Å². The quantitative estimate of drug-likeness (QED) is 0.309. The van der Waals surface area contributed by atoms with Gasteiger partial charge < -0.3 is 18.0 Å². The fourth-order valence-corrected chi connectivity index (χ4v) is 13.1. The van der Waals surface area contributed by atoms with Crippen LogP contribution in [0.5, 0.6) is 0 Å². The lowest BCUT2D eigenvalue weighted by molar-refractivity contribution is -0.140. The Hall–Kier alpha value is -0.0425. The number of rotatable bonds is 10. The van der Waals surface area contributed by atoms with Gasteiger partial charge in [0.15, 0.2) is 8.32 Å². The summed E-state index contributed by atoms with van der Waals surface area (Å²) in [5.41, 5.74) is 0.392. The first-order valence-corrected chi connectivity index (χ1v) is 18.1. The zero-order chi connectivity index (χ0) is 20.1. The van der Waals surface area contributed by atoms with Crippen LogP contribution in [0.25, 0.3) is 0 Å². The summed E-state index contributed by atoms with van der Waals surface area (Å²) in [6.45, 7) is 14.6. The normalized spacial score (nSPS) is 14.2. The van der Waals surface area contributed by atoms with E-state index in [-0.39, 0.29) is 11.7 Å². The SMILES string of the molecule is CCC([Si])OC(=O)C(C[Si](C)(C)OC)=C([Si](C)(C)OC)[Si](C)(C)OC. The molecule has 1 unspecified atom stereocenters. The number of carbonyl (C=O) groups is 1. The lowest BCUT2D eigenvalue weighted by atomic mass is 10.3. The third-order valence-corrected chi connectivity index (χ3v) is 16.0. The molecule has 0 rings (SSSR count). The molecular weight excluding hydrogens is 385 g/mol. The zero-order valence-electron chi connectivity index (χ0n) is 17.5. The second-order valence-corrected chi connectivity index (χ2v) is 21.0. The van der Waals surface area contributed by atoms with Gasteiger partial charge in [0.1, 0.15) is 0 Å². The van der Waals surface area contributed by atoms with Crippen molar-refractivity contribution in [2.45, 2.75) is 64.4 Å². The first-order chi connectivity index (χ1) is 11.3. The van der Waals surface area contributed by atoms with Crippen LogP contribution >= 0.6 is 0 Å². The molecular formula is C16H35O5Si4. The molecule has 0 heterocycles. The average Bonchev–Trinajstić information content (AvgIpc) is 2.53. The topological polar surface area (TPSA) is 54.0 Å². The summed E-state index contributed by atoms with van der Waals surface area (Å²) < 4.78 is 23.1. The molecule has 145 valence electrons. The van der Waals surface area contributed by atoms with Crippen LogP contribution < -0.4 is 0 Å². The van der Waals surface area contributed by atoms with Crippen LogP contribution in [-0.4, -0.2) is 68.2 Å². The van der Waals surface area contributed by atoms with E-state index in [1.54, 1.807) is 21.3 Å². The fourth-order valence-electron chi connectivity index (χ4n) is 2.70. The maximum absolute atomic E-state index is 13.1. The first kappa shape index (κ1) is 25.0. The van der Waals surface area contributed by atoms with Crippen LogP contribution in [0.3, 0.4) is 0 Å². The van der Waals surface area contributed by atoms with Gasteiger partial charge in [-0.2, -0.15) is 0 Å². The van der Waals surface area contributed by atoms with Crippen LogP contribution in [-0.2, 0) is 22.8 Å². The van der Waals surface area contributed by atoms with E-state index in [1.807, 2.05) is 6.92 Å². The predicted molar refractivity (Wildman–Crippen MR) is 111 cm³/mol.